The fourth-order valence-electron chi connectivity index (χ4n) is 1.43. The Bertz CT molecular complexity index is 258. The Balaban J connectivity index is 2.55. The number of thioether (sulfide) groups is 1. The topological polar surface area (TPSA) is 78.4 Å². The summed E-state index contributed by atoms with van der Waals surface area (Å²) in [5, 5.41) is 14.4. The molecule has 1 rings (SSSR count). The molecule has 2 unspecified atom stereocenters. The number of carbonyl (C=O) groups is 2. The van der Waals surface area contributed by atoms with E-state index in [0.717, 1.165) is 5.75 Å². The van der Waals surface area contributed by atoms with Crippen LogP contribution in [0.15, 0.2) is 0 Å². The Morgan fingerprint density at radius 2 is 2.07 bits per heavy atom. The van der Waals surface area contributed by atoms with Crippen molar-refractivity contribution in [1.29, 1.82) is 0 Å². The van der Waals surface area contributed by atoms with E-state index in [2.05, 4.69) is 10.6 Å². The fraction of sp³-hybridized carbons (Fsp3) is 0.778. The van der Waals surface area contributed by atoms with Gasteiger partial charge in [-0.25, -0.2) is 0 Å². The third-order valence-corrected chi connectivity index (χ3v) is 2.95. The van der Waals surface area contributed by atoms with E-state index in [9.17, 15) is 14.7 Å². The number of aliphatic hydroxyl groups is 1. The van der Waals surface area contributed by atoms with Gasteiger partial charge in [0.05, 0.1) is 6.10 Å². The van der Waals surface area contributed by atoms with Gasteiger partial charge in [0, 0.05) is 0 Å². The molecule has 0 aromatic rings. The number of amides is 2. The maximum Gasteiger partial charge on any atom is 0.245 e. The molecule has 86 valence electrons. The lowest BCUT2D eigenvalue weighted by Crippen LogP contribution is -2.64. The van der Waals surface area contributed by atoms with Crippen molar-refractivity contribution in [3.8, 4) is 0 Å². The first-order valence-corrected chi connectivity index (χ1v) is 6.23. The van der Waals surface area contributed by atoms with E-state index in [1.807, 2.05) is 6.26 Å². The highest BCUT2D eigenvalue weighted by Crippen LogP contribution is 2.07. The summed E-state index contributed by atoms with van der Waals surface area (Å²) in [6, 6.07) is -1.28. The number of nitrogens with one attached hydrogen (secondary N) is 2. The first-order valence-electron chi connectivity index (χ1n) is 4.84. The van der Waals surface area contributed by atoms with Crippen LogP contribution in [-0.4, -0.2) is 47.1 Å². The molecule has 2 amide bonds. The van der Waals surface area contributed by atoms with Crippen molar-refractivity contribution in [3.05, 3.63) is 0 Å². The van der Waals surface area contributed by atoms with Gasteiger partial charge in [-0.2, -0.15) is 11.8 Å². The van der Waals surface area contributed by atoms with E-state index in [1.54, 1.807) is 11.8 Å². The van der Waals surface area contributed by atoms with Crippen molar-refractivity contribution < 1.29 is 14.7 Å². The second-order valence-corrected chi connectivity index (χ2v) is 4.56. The van der Waals surface area contributed by atoms with Crippen molar-refractivity contribution in [3.63, 3.8) is 0 Å². The lowest BCUT2D eigenvalue weighted by Gasteiger charge is -2.30. The molecule has 5 nitrogen and oxygen atoms in total. The van der Waals surface area contributed by atoms with Crippen LogP contribution in [0.1, 0.15) is 13.3 Å². The summed E-state index contributed by atoms with van der Waals surface area (Å²) in [5.41, 5.74) is 0. The van der Waals surface area contributed by atoms with Gasteiger partial charge in [-0.1, -0.05) is 0 Å². The summed E-state index contributed by atoms with van der Waals surface area (Å²) in [6.07, 6.45) is 1.70. The summed E-state index contributed by atoms with van der Waals surface area (Å²) in [4.78, 5) is 23.0. The number of carbonyl (C=O) groups excluding carboxylic acids is 2. The van der Waals surface area contributed by atoms with Crippen molar-refractivity contribution >= 4 is 23.6 Å². The molecule has 0 bridgehead atoms. The number of hydrogen-bond donors (Lipinski definition) is 3. The minimum Gasteiger partial charge on any atom is -0.391 e. The molecule has 0 radical (unpaired) electrons. The van der Waals surface area contributed by atoms with Crippen LogP contribution in [0.4, 0.5) is 0 Å². The number of rotatable bonds is 4. The standard InChI is InChI=1S/C9H16N2O3S/c1-5(12)7-9(14)10-6(3-4-15-2)8(13)11-7/h5-7,12H,3-4H2,1-2H3,(H,10,14)(H,11,13)/t5-,6?,7?/m1/s1. The second kappa shape index (κ2) is 5.37. The van der Waals surface area contributed by atoms with Gasteiger partial charge in [0.1, 0.15) is 12.1 Å². The second-order valence-electron chi connectivity index (χ2n) is 3.57. The van der Waals surface area contributed by atoms with E-state index in [0.29, 0.717) is 6.42 Å². The third-order valence-electron chi connectivity index (χ3n) is 2.31. The number of hydrogen-bond acceptors (Lipinski definition) is 4. The summed E-state index contributed by atoms with van der Waals surface area (Å²) in [5.74, 6) is 0.294. The monoisotopic (exact) mass is 232 g/mol. The van der Waals surface area contributed by atoms with Crippen molar-refractivity contribution in [2.24, 2.45) is 0 Å². The maximum atomic E-state index is 11.5. The molecule has 1 heterocycles. The van der Waals surface area contributed by atoms with Crippen molar-refractivity contribution in [2.45, 2.75) is 31.5 Å². The zero-order chi connectivity index (χ0) is 11.4. The smallest absolute Gasteiger partial charge is 0.245 e. The Hall–Kier alpha value is -0.750. The molecule has 1 aliphatic rings. The Labute approximate surface area is 93.0 Å². The molecule has 6 heteroatoms. The summed E-state index contributed by atoms with van der Waals surface area (Å²) in [7, 11) is 0. The molecule has 3 atom stereocenters. The quantitative estimate of drug-likeness (QED) is 0.587. The lowest BCUT2D eigenvalue weighted by molar-refractivity contribution is -0.139. The highest BCUT2D eigenvalue weighted by atomic mass is 32.2. The Morgan fingerprint density at radius 1 is 1.40 bits per heavy atom. The van der Waals surface area contributed by atoms with Gasteiger partial charge in [-0.05, 0) is 25.4 Å². The zero-order valence-corrected chi connectivity index (χ0v) is 9.63. The van der Waals surface area contributed by atoms with Gasteiger partial charge in [0.15, 0.2) is 0 Å². The Morgan fingerprint density at radius 3 is 2.60 bits per heavy atom. The molecule has 1 fully saturated rings. The van der Waals surface area contributed by atoms with E-state index in [1.165, 1.54) is 6.92 Å². The van der Waals surface area contributed by atoms with Crippen LogP contribution in [0.3, 0.4) is 0 Å². The fourth-order valence-corrected chi connectivity index (χ4v) is 1.90. The van der Waals surface area contributed by atoms with Gasteiger partial charge < -0.3 is 15.7 Å². The van der Waals surface area contributed by atoms with Gasteiger partial charge in [0.2, 0.25) is 11.8 Å². The molecule has 0 aromatic heterocycles. The zero-order valence-electron chi connectivity index (χ0n) is 8.82. The maximum absolute atomic E-state index is 11.5. The molecule has 0 saturated carbocycles. The molecular weight excluding hydrogens is 216 g/mol. The lowest BCUT2D eigenvalue weighted by atomic mass is 10.1. The van der Waals surface area contributed by atoms with Gasteiger partial charge in [-0.15, -0.1) is 0 Å². The highest BCUT2D eigenvalue weighted by molar-refractivity contribution is 7.98. The first kappa shape index (κ1) is 12.3. The predicted octanol–water partition coefficient (Wildman–Crippen LogP) is -0.897. The van der Waals surface area contributed by atoms with Crippen LogP contribution in [0, 0.1) is 0 Å². The van der Waals surface area contributed by atoms with Gasteiger partial charge >= 0.3 is 0 Å². The average Bonchev–Trinajstić information content (AvgIpc) is 2.18. The van der Waals surface area contributed by atoms with Crippen LogP contribution in [0.5, 0.6) is 0 Å². The first-order chi connectivity index (χ1) is 7.06. The summed E-state index contributed by atoms with van der Waals surface area (Å²) >= 11 is 1.62. The SMILES string of the molecule is CSCCC1NC(=O)C([C@@H](C)O)NC1=O. The van der Waals surface area contributed by atoms with E-state index in [4.69, 9.17) is 0 Å². The van der Waals surface area contributed by atoms with Gasteiger partial charge in [-0.3, -0.25) is 9.59 Å². The predicted molar refractivity (Wildman–Crippen MR) is 58.5 cm³/mol. The Kier molecular flexibility index (Phi) is 4.41. The summed E-state index contributed by atoms with van der Waals surface area (Å²) in [6.45, 7) is 1.48. The van der Waals surface area contributed by atoms with E-state index >= 15 is 0 Å². The van der Waals surface area contributed by atoms with Crippen LogP contribution < -0.4 is 10.6 Å². The normalized spacial score (nSPS) is 28.2. The molecular formula is C9H16N2O3S. The van der Waals surface area contributed by atoms with Crippen LogP contribution in [-0.2, 0) is 9.59 Å². The minimum atomic E-state index is -0.865. The minimum absolute atomic E-state index is 0.213. The van der Waals surface area contributed by atoms with Crippen LogP contribution >= 0.6 is 11.8 Å². The van der Waals surface area contributed by atoms with Crippen molar-refractivity contribution in [1.82, 2.24) is 10.6 Å². The molecule has 0 aromatic carbocycles. The molecule has 1 aliphatic heterocycles. The average molecular weight is 232 g/mol. The molecule has 3 N–H and O–H groups in total. The van der Waals surface area contributed by atoms with Crippen LogP contribution in [0.2, 0.25) is 0 Å². The molecule has 0 spiro atoms. The van der Waals surface area contributed by atoms with Crippen molar-refractivity contribution in [2.75, 3.05) is 12.0 Å². The summed E-state index contributed by atoms with van der Waals surface area (Å²) < 4.78 is 0. The van der Waals surface area contributed by atoms with Crippen LogP contribution in [0.25, 0.3) is 0 Å². The molecule has 0 aliphatic carbocycles. The van der Waals surface area contributed by atoms with E-state index < -0.39 is 18.2 Å². The highest BCUT2D eigenvalue weighted by Gasteiger charge is 2.35. The molecule has 1 saturated heterocycles. The van der Waals surface area contributed by atoms with Gasteiger partial charge in [0.25, 0.3) is 0 Å². The largest absolute Gasteiger partial charge is 0.391 e. The van der Waals surface area contributed by atoms with E-state index in [-0.39, 0.29) is 11.8 Å². The number of aliphatic hydroxyl groups excluding tert-OH is 1. The number of piperazine rings is 1. The third kappa shape index (κ3) is 3.10. The molecule has 15 heavy (non-hydrogen) atoms.